The van der Waals surface area contributed by atoms with Crippen molar-refractivity contribution < 1.29 is 27.9 Å². The fourth-order valence-electron chi connectivity index (χ4n) is 1.88. The molecular formula is C17H11ClF3NO3. The molecule has 0 atom stereocenters. The highest BCUT2D eigenvalue weighted by Gasteiger charge is 2.29. The molecule has 1 amide bonds. The van der Waals surface area contributed by atoms with Gasteiger partial charge in [0.05, 0.1) is 21.8 Å². The smallest absolute Gasteiger partial charge is 0.416 e. The van der Waals surface area contributed by atoms with E-state index in [1.54, 1.807) is 0 Å². The molecule has 2 rings (SSSR count). The Bertz CT molecular complexity index is 830. The van der Waals surface area contributed by atoms with Crippen LogP contribution in [0.25, 0.3) is 6.08 Å². The van der Waals surface area contributed by atoms with Crippen molar-refractivity contribution in [3.8, 4) is 0 Å². The summed E-state index contributed by atoms with van der Waals surface area (Å²) in [5.41, 5.74) is -0.324. The highest BCUT2D eigenvalue weighted by molar-refractivity contribution is 6.34. The fourth-order valence-corrected chi connectivity index (χ4v) is 2.05. The fraction of sp³-hybridized carbons (Fsp3) is 0.0588. The SMILES string of the molecule is O=C(C=Cc1ccc(C(F)(F)F)cc1)Nc1cc(C(=O)O)ccc1Cl. The van der Waals surface area contributed by atoms with E-state index in [-0.39, 0.29) is 16.3 Å². The molecule has 2 N–H and O–H groups in total. The Labute approximate surface area is 145 Å². The summed E-state index contributed by atoms with van der Waals surface area (Å²) in [6, 6.07) is 8.10. The van der Waals surface area contributed by atoms with Crippen LogP contribution in [-0.4, -0.2) is 17.0 Å². The van der Waals surface area contributed by atoms with Gasteiger partial charge in [0.1, 0.15) is 0 Å². The summed E-state index contributed by atoms with van der Waals surface area (Å²) in [6.45, 7) is 0. The van der Waals surface area contributed by atoms with E-state index in [0.29, 0.717) is 5.56 Å². The normalized spacial score (nSPS) is 11.5. The number of carboxylic acid groups (broad SMARTS) is 1. The van der Waals surface area contributed by atoms with E-state index in [0.717, 1.165) is 18.2 Å². The monoisotopic (exact) mass is 369 g/mol. The molecule has 0 aromatic heterocycles. The third-order valence-corrected chi connectivity index (χ3v) is 3.47. The van der Waals surface area contributed by atoms with Gasteiger partial charge in [-0.3, -0.25) is 4.79 Å². The summed E-state index contributed by atoms with van der Waals surface area (Å²) in [4.78, 5) is 22.8. The number of halogens is 4. The summed E-state index contributed by atoms with van der Waals surface area (Å²) < 4.78 is 37.4. The van der Waals surface area contributed by atoms with Gasteiger partial charge in [0.2, 0.25) is 5.91 Å². The number of carbonyl (C=O) groups excluding carboxylic acids is 1. The van der Waals surface area contributed by atoms with Crippen LogP contribution in [0.3, 0.4) is 0 Å². The summed E-state index contributed by atoms with van der Waals surface area (Å²) in [7, 11) is 0. The van der Waals surface area contributed by atoms with Gasteiger partial charge in [0.25, 0.3) is 0 Å². The topological polar surface area (TPSA) is 66.4 Å². The van der Waals surface area contributed by atoms with Crippen molar-refractivity contribution in [3.63, 3.8) is 0 Å². The molecule has 0 aliphatic heterocycles. The minimum Gasteiger partial charge on any atom is -0.478 e. The second kappa shape index (κ2) is 7.40. The molecule has 0 bridgehead atoms. The van der Waals surface area contributed by atoms with Crippen LogP contribution >= 0.6 is 11.6 Å². The van der Waals surface area contributed by atoms with Crippen LogP contribution in [0.5, 0.6) is 0 Å². The quantitative estimate of drug-likeness (QED) is 0.767. The molecule has 0 radical (unpaired) electrons. The molecule has 0 unspecified atom stereocenters. The number of carboxylic acids is 1. The lowest BCUT2D eigenvalue weighted by molar-refractivity contribution is -0.137. The van der Waals surface area contributed by atoms with Crippen LogP contribution in [0.2, 0.25) is 5.02 Å². The number of carbonyl (C=O) groups is 2. The van der Waals surface area contributed by atoms with E-state index in [2.05, 4.69) is 5.32 Å². The molecule has 2 aromatic carbocycles. The van der Waals surface area contributed by atoms with Crippen LogP contribution in [0.4, 0.5) is 18.9 Å². The van der Waals surface area contributed by atoms with Crippen molar-refractivity contribution in [2.45, 2.75) is 6.18 Å². The number of nitrogens with one attached hydrogen (secondary N) is 1. The number of amides is 1. The van der Waals surface area contributed by atoms with Gasteiger partial charge in [0, 0.05) is 6.08 Å². The van der Waals surface area contributed by atoms with Crippen molar-refractivity contribution in [2.24, 2.45) is 0 Å². The van der Waals surface area contributed by atoms with E-state index < -0.39 is 23.6 Å². The summed E-state index contributed by atoms with van der Waals surface area (Å²) >= 11 is 5.88. The van der Waals surface area contributed by atoms with Crippen molar-refractivity contribution in [1.82, 2.24) is 0 Å². The molecule has 0 fully saturated rings. The second-order valence-corrected chi connectivity index (χ2v) is 5.35. The van der Waals surface area contributed by atoms with Crippen molar-refractivity contribution in [3.05, 3.63) is 70.3 Å². The van der Waals surface area contributed by atoms with Gasteiger partial charge < -0.3 is 10.4 Å². The minimum atomic E-state index is -4.43. The van der Waals surface area contributed by atoms with Crippen molar-refractivity contribution in [1.29, 1.82) is 0 Å². The van der Waals surface area contributed by atoms with E-state index >= 15 is 0 Å². The molecule has 4 nitrogen and oxygen atoms in total. The number of aromatic carboxylic acids is 1. The number of alkyl halides is 3. The molecular weight excluding hydrogens is 359 g/mol. The van der Waals surface area contributed by atoms with Gasteiger partial charge in [0.15, 0.2) is 0 Å². The molecule has 0 saturated heterocycles. The minimum absolute atomic E-state index is 0.0496. The Kier molecular flexibility index (Phi) is 5.48. The number of hydrogen-bond donors (Lipinski definition) is 2. The third-order valence-electron chi connectivity index (χ3n) is 3.14. The number of anilines is 1. The van der Waals surface area contributed by atoms with E-state index in [1.807, 2.05) is 0 Å². The van der Waals surface area contributed by atoms with Gasteiger partial charge in [-0.15, -0.1) is 0 Å². The summed E-state index contributed by atoms with van der Waals surface area (Å²) in [5, 5.41) is 11.5. The number of benzene rings is 2. The zero-order valence-electron chi connectivity index (χ0n) is 12.5. The predicted molar refractivity (Wildman–Crippen MR) is 87.5 cm³/mol. The predicted octanol–water partition coefficient (Wildman–Crippen LogP) is 4.71. The Morgan fingerprint density at radius 2 is 1.72 bits per heavy atom. The van der Waals surface area contributed by atoms with Gasteiger partial charge in [-0.2, -0.15) is 13.2 Å². The number of rotatable bonds is 4. The first-order chi connectivity index (χ1) is 11.7. The van der Waals surface area contributed by atoms with Crippen LogP contribution in [0.15, 0.2) is 48.5 Å². The van der Waals surface area contributed by atoms with Crippen LogP contribution in [0, 0.1) is 0 Å². The lowest BCUT2D eigenvalue weighted by Crippen LogP contribution is -2.09. The lowest BCUT2D eigenvalue weighted by Gasteiger charge is -2.07. The van der Waals surface area contributed by atoms with Crippen LogP contribution < -0.4 is 5.32 Å². The van der Waals surface area contributed by atoms with Gasteiger partial charge in [-0.05, 0) is 42.0 Å². The summed E-state index contributed by atoms with van der Waals surface area (Å²) in [6.07, 6.45) is -2.00. The van der Waals surface area contributed by atoms with E-state index in [4.69, 9.17) is 16.7 Å². The maximum atomic E-state index is 12.5. The Morgan fingerprint density at radius 3 is 2.28 bits per heavy atom. The molecule has 0 spiro atoms. The molecule has 2 aromatic rings. The molecule has 8 heteroatoms. The van der Waals surface area contributed by atoms with Crippen LogP contribution in [-0.2, 0) is 11.0 Å². The number of hydrogen-bond acceptors (Lipinski definition) is 2. The largest absolute Gasteiger partial charge is 0.478 e. The Morgan fingerprint density at radius 1 is 1.08 bits per heavy atom. The lowest BCUT2D eigenvalue weighted by atomic mass is 10.1. The standard InChI is InChI=1S/C17H11ClF3NO3/c18-13-7-4-11(16(24)25)9-14(13)22-15(23)8-3-10-1-5-12(6-2-10)17(19,20)21/h1-9H,(H,22,23)(H,24,25). The Balaban J connectivity index is 2.08. The maximum absolute atomic E-state index is 12.5. The zero-order chi connectivity index (χ0) is 18.6. The molecule has 130 valence electrons. The molecule has 0 heterocycles. The second-order valence-electron chi connectivity index (χ2n) is 4.94. The van der Waals surface area contributed by atoms with E-state index in [1.165, 1.54) is 36.4 Å². The first-order valence-electron chi connectivity index (χ1n) is 6.86. The summed E-state index contributed by atoms with van der Waals surface area (Å²) in [5.74, 6) is -1.78. The first-order valence-corrected chi connectivity index (χ1v) is 7.24. The molecule has 0 aliphatic rings. The Hall–Kier alpha value is -2.80. The average Bonchev–Trinajstić information content (AvgIpc) is 2.54. The first kappa shape index (κ1) is 18.5. The van der Waals surface area contributed by atoms with Crippen LogP contribution in [0.1, 0.15) is 21.5 Å². The molecule has 0 saturated carbocycles. The maximum Gasteiger partial charge on any atom is 0.416 e. The third kappa shape index (κ3) is 5.09. The van der Waals surface area contributed by atoms with E-state index in [9.17, 15) is 22.8 Å². The van der Waals surface area contributed by atoms with Crippen molar-refractivity contribution >= 4 is 35.2 Å². The molecule has 25 heavy (non-hydrogen) atoms. The highest BCUT2D eigenvalue weighted by Crippen LogP contribution is 2.29. The van der Waals surface area contributed by atoms with Gasteiger partial charge in [-0.25, -0.2) is 4.79 Å². The van der Waals surface area contributed by atoms with Gasteiger partial charge in [-0.1, -0.05) is 23.7 Å². The zero-order valence-corrected chi connectivity index (χ0v) is 13.2. The highest BCUT2D eigenvalue weighted by atomic mass is 35.5. The van der Waals surface area contributed by atoms with Crippen molar-refractivity contribution in [2.75, 3.05) is 5.32 Å². The van der Waals surface area contributed by atoms with Gasteiger partial charge >= 0.3 is 12.1 Å². The molecule has 0 aliphatic carbocycles. The average molecular weight is 370 g/mol.